The minimum absolute atomic E-state index is 0.0162. The van der Waals surface area contributed by atoms with E-state index in [0.717, 1.165) is 0 Å². The first-order valence-electron chi connectivity index (χ1n) is 11.9. The van der Waals surface area contributed by atoms with Crippen LogP contribution < -0.4 is 5.32 Å². The maximum Gasteiger partial charge on any atom is 0.355 e. The number of hydrogen-bond donors (Lipinski definition) is 2. The summed E-state index contributed by atoms with van der Waals surface area (Å²) in [6.45, 7) is 10.9. The molecule has 1 aromatic heterocycles. The number of fused-ring (bicyclic) bond motifs is 1. The number of nitrogens with zero attached hydrogens (tertiary/aromatic N) is 1. The number of aromatic amines is 1. The Bertz CT molecular complexity index is 1330. The van der Waals surface area contributed by atoms with Gasteiger partial charge in [-0.3, -0.25) is 9.59 Å². The molecule has 3 rings (SSSR count). The highest BCUT2D eigenvalue weighted by Gasteiger charge is 2.36. The monoisotopic (exact) mass is 527 g/mol. The molecule has 0 saturated carbocycles. The number of halogens is 2. The lowest BCUT2D eigenvalue weighted by Gasteiger charge is -2.32. The molecule has 0 saturated heterocycles. The predicted octanol–water partition coefficient (Wildman–Crippen LogP) is 5.48. The molecular weight excluding hydrogens is 497 g/mol. The maximum atomic E-state index is 14.0. The van der Waals surface area contributed by atoms with Crippen LogP contribution in [0, 0.1) is 5.82 Å². The van der Waals surface area contributed by atoms with Crippen LogP contribution in [-0.4, -0.2) is 40.3 Å². The molecule has 2 amide bonds. The molecular formula is C28H31ClFN3O4. The van der Waals surface area contributed by atoms with E-state index in [1.807, 2.05) is 20.8 Å². The third-order valence-corrected chi connectivity index (χ3v) is 5.89. The Morgan fingerprint density at radius 1 is 1.22 bits per heavy atom. The summed E-state index contributed by atoms with van der Waals surface area (Å²) in [5.41, 5.74) is 1.49. The van der Waals surface area contributed by atoms with E-state index >= 15 is 0 Å². The van der Waals surface area contributed by atoms with Gasteiger partial charge in [0.15, 0.2) is 0 Å². The fraction of sp³-hybridized carbons (Fsp3) is 0.321. The molecule has 1 unspecified atom stereocenters. The SMILES string of the molecule is C=CCc1cc(F)ccc1CN(C=O)C(C(=O)NC(C)(C)C)c1c(C(=O)OCC)[nH]c2cc(Cl)ccc12. The molecule has 2 aromatic carbocycles. The molecule has 7 nitrogen and oxygen atoms in total. The quantitative estimate of drug-likeness (QED) is 0.207. The molecule has 9 heteroatoms. The number of ether oxygens (including phenoxy) is 1. The fourth-order valence-electron chi connectivity index (χ4n) is 4.21. The average Bonchev–Trinajstić information content (AvgIpc) is 3.17. The molecule has 0 aliphatic carbocycles. The number of carbonyl (C=O) groups is 3. The van der Waals surface area contributed by atoms with Gasteiger partial charge in [0.05, 0.1) is 6.61 Å². The van der Waals surface area contributed by atoms with Crippen molar-refractivity contribution < 1.29 is 23.5 Å². The highest BCUT2D eigenvalue weighted by atomic mass is 35.5. The van der Waals surface area contributed by atoms with Crippen LogP contribution >= 0.6 is 11.6 Å². The average molecular weight is 528 g/mol. The summed E-state index contributed by atoms with van der Waals surface area (Å²) in [5, 5.41) is 3.89. The normalized spacial score (nSPS) is 12.2. The number of nitrogens with one attached hydrogen (secondary N) is 2. The lowest BCUT2D eigenvalue weighted by molar-refractivity contribution is -0.134. The molecule has 0 aliphatic rings. The molecule has 37 heavy (non-hydrogen) atoms. The molecule has 196 valence electrons. The van der Waals surface area contributed by atoms with Crippen LogP contribution in [0.15, 0.2) is 49.1 Å². The summed E-state index contributed by atoms with van der Waals surface area (Å²) >= 11 is 6.19. The summed E-state index contributed by atoms with van der Waals surface area (Å²) in [6, 6.07) is 8.00. The van der Waals surface area contributed by atoms with Crippen molar-refractivity contribution in [1.82, 2.24) is 15.2 Å². The van der Waals surface area contributed by atoms with Gasteiger partial charge in [0.25, 0.3) is 0 Å². The van der Waals surface area contributed by atoms with Gasteiger partial charge in [0.1, 0.15) is 17.6 Å². The number of amides is 2. The van der Waals surface area contributed by atoms with E-state index in [1.54, 1.807) is 37.3 Å². The number of esters is 1. The highest BCUT2D eigenvalue weighted by Crippen LogP contribution is 2.35. The number of benzene rings is 2. The van der Waals surface area contributed by atoms with E-state index in [2.05, 4.69) is 16.9 Å². The van der Waals surface area contributed by atoms with Gasteiger partial charge < -0.3 is 19.9 Å². The van der Waals surface area contributed by atoms with Crippen LogP contribution in [0.25, 0.3) is 10.9 Å². The summed E-state index contributed by atoms with van der Waals surface area (Å²) in [4.78, 5) is 43.6. The Morgan fingerprint density at radius 3 is 2.57 bits per heavy atom. The van der Waals surface area contributed by atoms with Crippen LogP contribution in [0.5, 0.6) is 0 Å². The summed E-state index contributed by atoms with van der Waals surface area (Å²) in [6.07, 6.45) is 2.56. The Balaban J connectivity index is 2.24. The zero-order valence-corrected chi connectivity index (χ0v) is 22.1. The van der Waals surface area contributed by atoms with E-state index in [4.69, 9.17) is 16.3 Å². The molecule has 0 radical (unpaired) electrons. The smallest absolute Gasteiger partial charge is 0.355 e. The Kier molecular flexibility index (Phi) is 8.76. The van der Waals surface area contributed by atoms with Crippen LogP contribution in [0.1, 0.15) is 60.9 Å². The third-order valence-electron chi connectivity index (χ3n) is 5.65. The Labute approximate surface area is 220 Å². The number of aromatic nitrogens is 1. The van der Waals surface area contributed by atoms with Crippen molar-refractivity contribution in [3.05, 3.63) is 82.3 Å². The van der Waals surface area contributed by atoms with Crippen LogP contribution in [0.4, 0.5) is 4.39 Å². The van der Waals surface area contributed by atoms with Gasteiger partial charge in [-0.1, -0.05) is 29.8 Å². The number of H-pyrrole nitrogens is 1. The van der Waals surface area contributed by atoms with E-state index in [-0.39, 0.29) is 24.4 Å². The van der Waals surface area contributed by atoms with Crippen molar-refractivity contribution in [3.8, 4) is 0 Å². The zero-order chi connectivity index (χ0) is 27.3. The zero-order valence-electron chi connectivity index (χ0n) is 21.4. The molecule has 0 aliphatic heterocycles. The lowest BCUT2D eigenvalue weighted by atomic mass is 9.97. The Morgan fingerprint density at radius 2 is 1.95 bits per heavy atom. The molecule has 1 atom stereocenters. The summed E-state index contributed by atoms with van der Waals surface area (Å²) < 4.78 is 19.2. The fourth-order valence-corrected chi connectivity index (χ4v) is 4.38. The molecule has 0 spiro atoms. The van der Waals surface area contributed by atoms with Gasteiger partial charge in [0.2, 0.25) is 12.3 Å². The van der Waals surface area contributed by atoms with Gasteiger partial charge in [-0.05, 0) is 69.5 Å². The first-order valence-corrected chi connectivity index (χ1v) is 12.3. The molecule has 0 fully saturated rings. The standard InChI is InChI=1S/C28H31ClFN3O4/c1-6-8-17-13-20(30)11-9-18(17)15-33(16-34)25(26(35)32-28(3,4)5)23-21-12-10-19(29)14-22(21)31-24(23)27(36)37-7-2/h6,9-14,16,25,31H,1,7-8,15H2,2-5H3,(H,32,35). The van der Waals surface area contributed by atoms with Crippen LogP contribution in [0.2, 0.25) is 5.02 Å². The van der Waals surface area contributed by atoms with E-state index < -0.39 is 29.3 Å². The maximum absolute atomic E-state index is 14.0. The number of carbonyl (C=O) groups excluding carboxylic acids is 3. The molecule has 1 heterocycles. The first kappa shape index (κ1) is 27.9. The van der Waals surface area contributed by atoms with Gasteiger partial charge in [0, 0.05) is 33.6 Å². The number of hydrogen-bond acceptors (Lipinski definition) is 4. The van der Waals surface area contributed by atoms with Crippen molar-refractivity contribution in [3.63, 3.8) is 0 Å². The lowest BCUT2D eigenvalue weighted by Crippen LogP contribution is -2.47. The third kappa shape index (κ3) is 6.57. The van der Waals surface area contributed by atoms with E-state index in [1.165, 1.54) is 17.0 Å². The predicted molar refractivity (Wildman–Crippen MR) is 142 cm³/mol. The van der Waals surface area contributed by atoms with Gasteiger partial charge in [-0.25, -0.2) is 9.18 Å². The van der Waals surface area contributed by atoms with Crippen molar-refractivity contribution in [2.45, 2.75) is 52.2 Å². The summed E-state index contributed by atoms with van der Waals surface area (Å²) in [5.74, 6) is -1.58. The minimum atomic E-state index is -1.22. The Hall–Kier alpha value is -3.65. The minimum Gasteiger partial charge on any atom is -0.461 e. The van der Waals surface area contributed by atoms with Crippen molar-refractivity contribution in [1.29, 1.82) is 0 Å². The van der Waals surface area contributed by atoms with Crippen LogP contribution in [0.3, 0.4) is 0 Å². The largest absolute Gasteiger partial charge is 0.461 e. The van der Waals surface area contributed by atoms with Crippen molar-refractivity contribution >= 4 is 40.8 Å². The van der Waals surface area contributed by atoms with Crippen LogP contribution in [-0.2, 0) is 27.3 Å². The van der Waals surface area contributed by atoms with Gasteiger partial charge >= 0.3 is 5.97 Å². The van der Waals surface area contributed by atoms with E-state index in [9.17, 15) is 18.8 Å². The van der Waals surface area contributed by atoms with Crippen molar-refractivity contribution in [2.24, 2.45) is 0 Å². The molecule has 3 aromatic rings. The second kappa shape index (κ2) is 11.6. The van der Waals surface area contributed by atoms with Gasteiger partial charge in [-0.15, -0.1) is 6.58 Å². The summed E-state index contributed by atoms with van der Waals surface area (Å²) in [7, 11) is 0. The highest BCUT2D eigenvalue weighted by molar-refractivity contribution is 6.31. The molecule has 0 bridgehead atoms. The first-order chi connectivity index (χ1) is 17.5. The van der Waals surface area contributed by atoms with Gasteiger partial charge in [-0.2, -0.15) is 0 Å². The number of allylic oxidation sites excluding steroid dienone is 1. The molecule has 2 N–H and O–H groups in total. The van der Waals surface area contributed by atoms with Crippen molar-refractivity contribution in [2.75, 3.05) is 6.61 Å². The van der Waals surface area contributed by atoms with E-state index in [0.29, 0.717) is 39.9 Å². The topological polar surface area (TPSA) is 91.5 Å². The second-order valence-electron chi connectivity index (χ2n) is 9.65. The second-order valence-corrected chi connectivity index (χ2v) is 10.1. The number of rotatable bonds is 10.